The zero-order chi connectivity index (χ0) is 19.0. The van der Waals surface area contributed by atoms with E-state index in [4.69, 9.17) is 9.47 Å². The van der Waals surface area contributed by atoms with Gasteiger partial charge < -0.3 is 9.47 Å². The van der Waals surface area contributed by atoms with Gasteiger partial charge in [0.25, 0.3) is 5.56 Å². The van der Waals surface area contributed by atoms with Crippen molar-refractivity contribution in [2.45, 2.75) is 19.8 Å². The summed E-state index contributed by atoms with van der Waals surface area (Å²) in [6.07, 6.45) is 6.27. The number of aryl methyl sites for hydroxylation is 1. The molecule has 0 radical (unpaired) electrons. The standard InChI is InChI=1S/C20H19IN2O3S/c1-12-11-27-20-22-15(17(21)19(24)23(12)20)9-8-14-4-3-5-16(25-2)18(14)26-10-13-6-7-13/h3-5,8-9,11,13H,6-7,10H2,1-2H3. The van der Waals surface area contributed by atoms with Crippen LogP contribution in [0.25, 0.3) is 17.1 Å². The van der Waals surface area contributed by atoms with Gasteiger partial charge in [-0.3, -0.25) is 9.20 Å². The van der Waals surface area contributed by atoms with Gasteiger partial charge in [-0.15, -0.1) is 11.3 Å². The predicted molar refractivity (Wildman–Crippen MR) is 117 cm³/mol. The fraction of sp³-hybridized carbons (Fsp3) is 0.300. The summed E-state index contributed by atoms with van der Waals surface area (Å²) >= 11 is 3.54. The lowest BCUT2D eigenvalue weighted by atomic mass is 10.1. The molecule has 0 saturated heterocycles. The van der Waals surface area contributed by atoms with E-state index in [9.17, 15) is 4.79 Å². The van der Waals surface area contributed by atoms with Crippen molar-refractivity contribution in [3.63, 3.8) is 0 Å². The Hall–Kier alpha value is -1.87. The Bertz CT molecular complexity index is 1080. The lowest BCUT2D eigenvalue weighted by molar-refractivity contribution is 0.280. The first-order valence-electron chi connectivity index (χ1n) is 8.72. The van der Waals surface area contributed by atoms with Crippen molar-refractivity contribution in [3.05, 3.63) is 54.5 Å². The van der Waals surface area contributed by atoms with Crippen LogP contribution in [0.2, 0.25) is 0 Å². The van der Waals surface area contributed by atoms with Gasteiger partial charge in [0.1, 0.15) is 3.57 Å². The van der Waals surface area contributed by atoms with Gasteiger partial charge in [-0.05, 0) is 66.5 Å². The van der Waals surface area contributed by atoms with Gasteiger partial charge in [0.2, 0.25) is 0 Å². The molecule has 7 heteroatoms. The number of rotatable bonds is 6. The summed E-state index contributed by atoms with van der Waals surface area (Å²) in [6.45, 7) is 2.62. The van der Waals surface area contributed by atoms with E-state index in [1.807, 2.05) is 42.7 Å². The zero-order valence-electron chi connectivity index (χ0n) is 15.1. The molecule has 1 saturated carbocycles. The molecule has 0 aliphatic heterocycles. The molecular formula is C20H19IN2O3S. The van der Waals surface area contributed by atoms with Crippen molar-refractivity contribution in [3.8, 4) is 11.5 Å². The summed E-state index contributed by atoms with van der Waals surface area (Å²) in [7, 11) is 1.64. The Labute approximate surface area is 174 Å². The molecular weight excluding hydrogens is 475 g/mol. The van der Waals surface area contributed by atoms with Crippen molar-refractivity contribution in [1.29, 1.82) is 0 Å². The zero-order valence-corrected chi connectivity index (χ0v) is 18.0. The van der Waals surface area contributed by atoms with Crippen LogP contribution in [-0.2, 0) is 0 Å². The topological polar surface area (TPSA) is 52.8 Å². The van der Waals surface area contributed by atoms with Crippen LogP contribution in [0.15, 0.2) is 28.4 Å². The number of benzene rings is 1. The number of hydrogen-bond donors (Lipinski definition) is 0. The number of hydrogen-bond acceptors (Lipinski definition) is 5. The van der Waals surface area contributed by atoms with E-state index >= 15 is 0 Å². The Morgan fingerprint density at radius 1 is 1.37 bits per heavy atom. The van der Waals surface area contributed by atoms with E-state index in [1.54, 1.807) is 11.5 Å². The monoisotopic (exact) mass is 494 g/mol. The largest absolute Gasteiger partial charge is 0.493 e. The van der Waals surface area contributed by atoms with Crippen molar-refractivity contribution < 1.29 is 9.47 Å². The highest BCUT2D eigenvalue weighted by Gasteiger charge is 2.23. The average molecular weight is 494 g/mol. The summed E-state index contributed by atoms with van der Waals surface area (Å²) in [6, 6.07) is 5.81. The summed E-state index contributed by atoms with van der Waals surface area (Å²) in [4.78, 5) is 18.0. The second-order valence-corrected chi connectivity index (χ2v) is 8.49. The molecule has 2 aromatic heterocycles. The second kappa shape index (κ2) is 7.63. The van der Waals surface area contributed by atoms with Crippen LogP contribution in [-0.4, -0.2) is 23.1 Å². The average Bonchev–Trinajstić information content (AvgIpc) is 3.43. The van der Waals surface area contributed by atoms with Gasteiger partial charge in [0.15, 0.2) is 16.5 Å². The molecule has 0 amide bonds. The van der Waals surface area contributed by atoms with E-state index in [-0.39, 0.29) is 5.56 Å². The summed E-state index contributed by atoms with van der Waals surface area (Å²) in [5, 5.41) is 1.94. The van der Waals surface area contributed by atoms with Crippen LogP contribution < -0.4 is 15.0 Å². The fourth-order valence-corrected chi connectivity index (χ4v) is 4.23. The molecule has 2 heterocycles. The van der Waals surface area contributed by atoms with Gasteiger partial charge in [-0.1, -0.05) is 12.1 Å². The van der Waals surface area contributed by atoms with Gasteiger partial charge in [-0.25, -0.2) is 4.98 Å². The number of fused-ring (bicyclic) bond motifs is 1. The molecule has 27 heavy (non-hydrogen) atoms. The van der Waals surface area contributed by atoms with Crippen molar-refractivity contribution in [2.24, 2.45) is 5.92 Å². The smallest absolute Gasteiger partial charge is 0.272 e. The van der Waals surface area contributed by atoms with Crippen molar-refractivity contribution in [1.82, 2.24) is 9.38 Å². The molecule has 0 atom stereocenters. The molecule has 3 aromatic rings. The van der Waals surface area contributed by atoms with Crippen LogP contribution >= 0.6 is 33.9 Å². The molecule has 1 aliphatic rings. The molecule has 0 spiro atoms. The molecule has 0 bridgehead atoms. The first kappa shape index (κ1) is 18.5. The minimum Gasteiger partial charge on any atom is -0.493 e. The number of ether oxygens (including phenoxy) is 2. The van der Waals surface area contributed by atoms with E-state index in [1.165, 1.54) is 24.2 Å². The lowest BCUT2D eigenvalue weighted by Crippen LogP contribution is -2.19. The van der Waals surface area contributed by atoms with Gasteiger partial charge in [0, 0.05) is 16.6 Å². The maximum absolute atomic E-state index is 12.6. The normalized spacial score (nSPS) is 14.2. The Balaban J connectivity index is 1.71. The summed E-state index contributed by atoms with van der Waals surface area (Å²) in [5.74, 6) is 2.10. The second-order valence-electron chi connectivity index (χ2n) is 6.58. The van der Waals surface area contributed by atoms with Gasteiger partial charge in [0.05, 0.1) is 19.4 Å². The third-order valence-electron chi connectivity index (χ3n) is 4.52. The van der Waals surface area contributed by atoms with E-state index in [2.05, 4.69) is 27.6 Å². The van der Waals surface area contributed by atoms with Crippen LogP contribution in [0.4, 0.5) is 0 Å². The SMILES string of the molecule is COc1cccc(C=Cc2nc3scc(C)n3c(=O)c2I)c1OCC1CC1. The number of para-hydroxylation sites is 1. The molecule has 4 rings (SSSR count). The van der Waals surface area contributed by atoms with E-state index in [0.717, 1.165) is 17.0 Å². The molecule has 0 unspecified atom stereocenters. The lowest BCUT2D eigenvalue weighted by Gasteiger charge is -2.13. The minimum absolute atomic E-state index is 0.0325. The predicted octanol–water partition coefficient (Wildman–Crippen LogP) is 4.64. The highest BCUT2D eigenvalue weighted by molar-refractivity contribution is 14.1. The number of thiazole rings is 1. The van der Waals surface area contributed by atoms with Gasteiger partial charge in [-0.2, -0.15) is 0 Å². The molecule has 1 fully saturated rings. The van der Waals surface area contributed by atoms with Gasteiger partial charge >= 0.3 is 0 Å². The van der Waals surface area contributed by atoms with Crippen LogP contribution in [0.3, 0.4) is 0 Å². The quantitative estimate of drug-likeness (QED) is 0.469. The number of aromatic nitrogens is 2. The van der Waals surface area contributed by atoms with Crippen molar-refractivity contribution in [2.75, 3.05) is 13.7 Å². The maximum atomic E-state index is 12.6. The highest BCUT2D eigenvalue weighted by Crippen LogP contribution is 2.36. The van der Waals surface area contributed by atoms with Crippen LogP contribution in [0.5, 0.6) is 11.5 Å². The third-order valence-corrected chi connectivity index (χ3v) is 6.48. The third kappa shape index (κ3) is 3.75. The van der Waals surface area contributed by atoms with Crippen molar-refractivity contribution >= 4 is 51.0 Å². The first-order valence-corrected chi connectivity index (χ1v) is 10.7. The maximum Gasteiger partial charge on any atom is 0.272 e. The van der Waals surface area contributed by atoms with Crippen LogP contribution in [0.1, 0.15) is 29.8 Å². The molecule has 1 aliphatic carbocycles. The Kier molecular flexibility index (Phi) is 5.23. The number of methoxy groups -OCH3 is 1. The van der Waals surface area contributed by atoms with E-state index in [0.29, 0.717) is 32.5 Å². The minimum atomic E-state index is -0.0325. The molecule has 5 nitrogen and oxygen atoms in total. The van der Waals surface area contributed by atoms with Crippen LogP contribution in [0, 0.1) is 16.4 Å². The number of halogens is 1. The molecule has 1 aromatic carbocycles. The molecule has 0 N–H and O–H groups in total. The number of nitrogens with zero attached hydrogens (tertiary/aromatic N) is 2. The van der Waals surface area contributed by atoms with E-state index < -0.39 is 0 Å². The fourth-order valence-electron chi connectivity index (χ4n) is 2.82. The Morgan fingerprint density at radius 3 is 2.93 bits per heavy atom. The molecule has 140 valence electrons. The summed E-state index contributed by atoms with van der Waals surface area (Å²) in [5.41, 5.74) is 2.45. The first-order chi connectivity index (χ1) is 13.1. The summed E-state index contributed by atoms with van der Waals surface area (Å²) < 4.78 is 13.8. The Morgan fingerprint density at radius 2 is 2.19 bits per heavy atom. The highest BCUT2D eigenvalue weighted by atomic mass is 127.